The molecule has 1 fully saturated rings. The Bertz CT molecular complexity index is 493. The van der Waals surface area contributed by atoms with Crippen LogP contribution in [0.25, 0.3) is 0 Å². The average molecular weight is 273 g/mol. The molecule has 1 saturated heterocycles. The van der Waals surface area contributed by atoms with Crippen molar-refractivity contribution in [2.75, 3.05) is 39.8 Å². The van der Waals surface area contributed by atoms with Crippen LogP contribution in [-0.4, -0.2) is 55.5 Å². The Labute approximate surface area is 119 Å². The zero-order valence-electron chi connectivity index (χ0n) is 11.7. The summed E-state index contributed by atoms with van der Waals surface area (Å²) in [6.45, 7) is 3.46. The highest BCUT2D eigenvalue weighted by molar-refractivity contribution is 5.78. The number of nitriles is 1. The molecule has 1 aromatic rings. The molecule has 1 aromatic carbocycles. The van der Waals surface area contributed by atoms with E-state index in [0.717, 1.165) is 30.9 Å². The summed E-state index contributed by atoms with van der Waals surface area (Å²) in [4.78, 5) is 15.4. The van der Waals surface area contributed by atoms with Crippen molar-refractivity contribution in [2.24, 2.45) is 0 Å². The van der Waals surface area contributed by atoms with Gasteiger partial charge in [-0.05, 0) is 17.7 Å². The SMILES string of the molecule is CN1CCN(CCOc2ccc(CC#N)cc2)CC1=O. The fourth-order valence-electron chi connectivity index (χ4n) is 2.09. The van der Waals surface area contributed by atoms with Crippen molar-refractivity contribution in [2.45, 2.75) is 6.42 Å². The van der Waals surface area contributed by atoms with Gasteiger partial charge in [0.05, 0.1) is 19.0 Å². The summed E-state index contributed by atoms with van der Waals surface area (Å²) in [6.07, 6.45) is 0.420. The summed E-state index contributed by atoms with van der Waals surface area (Å²) in [6, 6.07) is 9.67. The third-order valence-electron chi connectivity index (χ3n) is 3.42. The molecule has 1 amide bonds. The first kappa shape index (κ1) is 14.4. The molecule has 0 aromatic heterocycles. The molecule has 20 heavy (non-hydrogen) atoms. The van der Waals surface area contributed by atoms with E-state index >= 15 is 0 Å². The van der Waals surface area contributed by atoms with Gasteiger partial charge in [0, 0.05) is 26.7 Å². The molecular formula is C15H19N3O2. The van der Waals surface area contributed by atoms with E-state index in [4.69, 9.17) is 10.00 Å². The number of amides is 1. The molecule has 5 nitrogen and oxygen atoms in total. The van der Waals surface area contributed by atoms with E-state index in [1.165, 1.54) is 0 Å². The highest BCUT2D eigenvalue weighted by Gasteiger charge is 2.20. The van der Waals surface area contributed by atoms with Crippen LogP contribution in [0.2, 0.25) is 0 Å². The Hall–Kier alpha value is -2.06. The Morgan fingerprint density at radius 3 is 2.70 bits per heavy atom. The second kappa shape index (κ2) is 6.92. The summed E-state index contributed by atoms with van der Waals surface area (Å²) in [5.74, 6) is 0.962. The maximum absolute atomic E-state index is 11.6. The van der Waals surface area contributed by atoms with Gasteiger partial charge in [-0.15, -0.1) is 0 Å². The van der Waals surface area contributed by atoms with Crippen molar-refractivity contribution in [1.29, 1.82) is 5.26 Å². The van der Waals surface area contributed by atoms with Crippen LogP contribution in [-0.2, 0) is 11.2 Å². The summed E-state index contributed by atoms with van der Waals surface area (Å²) in [5, 5.41) is 8.60. The normalized spacial score (nSPS) is 16.0. The highest BCUT2D eigenvalue weighted by Crippen LogP contribution is 2.12. The highest BCUT2D eigenvalue weighted by atomic mass is 16.5. The van der Waals surface area contributed by atoms with E-state index in [2.05, 4.69) is 11.0 Å². The summed E-state index contributed by atoms with van der Waals surface area (Å²) < 4.78 is 5.65. The third kappa shape index (κ3) is 3.97. The molecule has 0 spiro atoms. The molecule has 0 N–H and O–H groups in total. The van der Waals surface area contributed by atoms with Gasteiger partial charge in [-0.2, -0.15) is 5.26 Å². The summed E-state index contributed by atoms with van der Waals surface area (Å²) in [5.41, 5.74) is 0.990. The van der Waals surface area contributed by atoms with Gasteiger partial charge in [0.15, 0.2) is 0 Å². The largest absolute Gasteiger partial charge is 0.492 e. The minimum absolute atomic E-state index is 0.164. The number of nitrogens with zero attached hydrogens (tertiary/aromatic N) is 3. The van der Waals surface area contributed by atoms with Gasteiger partial charge in [-0.25, -0.2) is 0 Å². The van der Waals surface area contributed by atoms with Gasteiger partial charge < -0.3 is 9.64 Å². The minimum atomic E-state index is 0.164. The van der Waals surface area contributed by atoms with E-state index in [-0.39, 0.29) is 5.91 Å². The van der Waals surface area contributed by atoms with Crippen molar-refractivity contribution in [1.82, 2.24) is 9.80 Å². The Morgan fingerprint density at radius 2 is 2.05 bits per heavy atom. The zero-order valence-corrected chi connectivity index (χ0v) is 11.7. The second-order valence-corrected chi connectivity index (χ2v) is 4.92. The van der Waals surface area contributed by atoms with Crippen molar-refractivity contribution in [3.63, 3.8) is 0 Å². The van der Waals surface area contributed by atoms with Crippen molar-refractivity contribution >= 4 is 5.91 Å². The molecule has 0 atom stereocenters. The maximum Gasteiger partial charge on any atom is 0.236 e. The molecule has 0 unspecified atom stereocenters. The Morgan fingerprint density at radius 1 is 1.30 bits per heavy atom. The summed E-state index contributed by atoms with van der Waals surface area (Å²) >= 11 is 0. The molecule has 2 rings (SSSR count). The molecule has 1 heterocycles. The molecule has 106 valence electrons. The topological polar surface area (TPSA) is 56.6 Å². The first-order valence-electron chi connectivity index (χ1n) is 6.74. The van der Waals surface area contributed by atoms with E-state index in [1.807, 2.05) is 31.3 Å². The van der Waals surface area contributed by atoms with Crippen LogP contribution < -0.4 is 4.74 Å². The van der Waals surface area contributed by atoms with E-state index in [9.17, 15) is 4.79 Å². The molecule has 0 radical (unpaired) electrons. The Kier molecular flexibility index (Phi) is 4.97. The second-order valence-electron chi connectivity index (χ2n) is 4.92. The predicted molar refractivity (Wildman–Crippen MR) is 75.3 cm³/mol. The first-order chi connectivity index (χ1) is 9.69. The van der Waals surface area contributed by atoms with Crippen LogP contribution in [0.3, 0.4) is 0 Å². The number of piperazine rings is 1. The van der Waals surface area contributed by atoms with Crippen LogP contribution in [0, 0.1) is 11.3 Å². The van der Waals surface area contributed by atoms with Crippen LogP contribution in [0.5, 0.6) is 5.75 Å². The maximum atomic E-state index is 11.6. The van der Waals surface area contributed by atoms with Gasteiger partial charge in [0.1, 0.15) is 12.4 Å². The lowest BCUT2D eigenvalue weighted by Gasteiger charge is -2.31. The first-order valence-corrected chi connectivity index (χ1v) is 6.74. The van der Waals surface area contributed by atoms with Gasteiger partial charge in [-0.1, -0.05) is 12.1 Å². The minimum Gasteiger partial charge on any atom is -0.492 e. The average Bonchev–Trinajstić information content (AvgIpc) is 2.45. The number of carbonyl (C=O) groups excluding carboxylic acids is 1. The molecule has 1 aliphatic heterocycles. The molecule has 1 aliphatic rings. The van der Waals surface area contributed by atoms with Crippen molar-refractivity contribution < 1.29 is 9.53 Å². The smallest absolute Gasteiger partial charge is 0.236 e. The molecule has 0 bridgehead atoms. The quantitative estimate of drug-likeness (QED) is 0.800. The fraction of sp³-hybridized carbons (Fsp3) is 0.467. The zero-order chi connectivity index (χ0) is 14.4. The lowest BCUT2D eigenvalue weighted by Crippen LogP contribution is -2.49. The number of benzene rings is 1. The fourth-order valence-corrected chi connectivity index (χ4v) is 2.09. The lowest BCUT2D eigenvalue weighted by atomic mass is 10.2. The molecular weight excluding hydrogens is 254 g/mol. The monoisotopic (exact) mass is 273 g/mol. The number of ether oxygens (including phenoxy) is 1. The number of carbonyl (C=O) groups is 1. The van der Waals surface area contributed by atoms with Crippen LogP contribution in [0.4, 0.5) is 0 Å². The predicted octanol–water partition coefficient (Wildman–Crippen LogP) is 0.905. The van der Waals surface area contributed by atoms with Gasteiger partial charge in [0.25, 0.3) is 0 Å². The van der Waals surface area contributed by atoms with Crippen molar-refractivity contribution in [3.8, 4) is 11.8 Å². The van der Waals surface area contributed by atoms with Gasteiger partial charge in [0.2, 0.25) is 5.91 Å². The number of likely N-dealkylation sites (N-methyl/N-ethyl adjacent to an activating group) is 1. The number of hydrogen-bond donors (Lipinski definition) is 0. The van der Waals surface area contributed by atoms with E-state index < -0.39 is 0 Å². The van der Waals surface area contributed by atoms with Gasteiger partial charge in [-0.3, -0.25) is 9.69 Å². The lowest BCUT2D eigenvalue weighted by molar-refractivity contribution is -0.134. The molecule has 5 heteroatoms. The third-order valence-corrected chi connectivity index (χ3v) is 3.42. The Balaban J connectivity index is 1.73. The standard InChI is InChI=1S/C15H19N3O2/c1-17-8-9-18(12-15(17)19)10-11-20-14-4-2-13(3-5-14)6-7-16/h2-5H,6,8-12H2,1H3. The van der Waals surface area contributed by atoms with Crippen LogP contribution in [0.15, 0.2) is 24.3 Å². The number of rotatable bonds is 5. The number of hydrogen-bond acceptors (Lipinski definition) is 4. The van der Waals surface area contributed by atoms with Crippen molar-refractivity contribution in [3.05, 3.63) is 29.8 Å². The molecule has 0 aliphatic carbocycles. The van der Waals surface area contributed by atoms with E-state index in [0.29, 0.717) is 19.6 Å². The van der Waals surface area contributed by atoms with Gasteiger partial charge >= 0.3 is 0 Å². The van der Waals surface area contributed by atoms with Crippen LogP contribution >= 0.6 is 0 Å². The summed E-state index contributed by atoms with van der Waals surface area (Å²) in [7, 11) is 1.83. The molecule has 0 saturated carbocycles. The van der Waals surface area contributed by atoms with Crippen LogP contribution in [0.1, 0.15) is 5.56 Å². The van der Waals surface area contributed by atoms with E-state index in [1.54, 1.807) is 4.90 Å².